The van der Waals surface area contributed by atoms with Crippen LogP contribution in [0.5, 0.6) is 0 Å². The van der Waals surface area contributed by atoms with Crippen LogP contribution in [0, 0.1) is 5.92 Å². The second-order valence-electron chi connectivity index (χ2n) is 3.34. The Balaban J connectivity index is 4.96. The summed E-state index contributed by atoms with van der Waals surface area (Å²) >= 11 is 0. The molecule has 0 bridgehead atoms. The van der Waals surface area contributed by atoms with E-state index in [1.54, 1.807) is 0 Å². The largest absolute Gasteiger partial charge is 0.481 e. The third kappa shape index (κ3) is 3.72. The fraction of sp³-hybridized carbons (Fsp3) is 0.500. The van der Waals surface area contributed by atoms with Crippen LogP contribution < -0.4 is 17.2 Å². The topological polar surface area (TPSA) is 182 Å². The number of aliphatic carboxylic acids is 2. The molecule has 0 radical (unpaired) electrons. The van der Waals surface area contributed by atoms with Crippen LogP contribution in [0.2, 0.25) is 0 Å². The van der Waals surface area contributed by atoms with Crippen molar-refractivity contribution in [3.8, 4) is 0 Å². The minimum Gasteiger partial charge on any atom is -0.481 e. The van der Waals surface area contributed by atoms with Crippen molar-refractivity contribution in [1.29, 1.82) is 0 Å². The number of nitrogens with two attached hydrogens (primary N) is 3. The minimum atomic E-state index is -2.50. The van der Waals surface area contributed by atoms with Crippen LogP contribution in [-0.4, -0.2) is 46.5 Å². The monoisotopic (exact) mass is 246 g/mol. The molecule has 0 saturated heterocycles. The smallest absolute Gasteiger partial charge is 0.332 e. The van der Waals surface area contributed by atoms with Crippen LogP contribution in [0.1, 0.15) is 6.42 Å². The predicted molar refractivity (Wildman–Crippen MR) is 57.0 cm³/mol. The van der Waals surface area contributed by atoms with E-state index in [-0.39, 0.29) is 25.2 Å². The van der Waals surface area contributed by atoms with Crippen LogP contribution in [0.3, 0.4) is 0 Å². The van der Waals surface area contributed by atoms with Crippen molar-refractivity contribution in [2.75, 3.05) is 6.54 Å². The van der Waals surface area contributed by atoms with E-state index in [4.69, 9.17) is 27.4 Å². The lowest BCUT2D eigenvalue weighted by Gasteiger charge is -2.24. The quantitative estimate of drug-likeness (QED) is 0.139. The lowest BCUT2D eigenvalue weighted by atomic mass is 9.83. The summed E-state index contributed by atoms with van der Waals surface area (Å²) in [5, 5.41) is 17.6. The molecule has 0 spiro atoms. The van der Waals surface area contributed by atoms with Crippen LogP contribution in [0.15, 0.2) is 4.99 Å². The van der Waals surface area contributed by atoms with Crippen molar-refractivity contribution in [2.24, 2.45) is 28.1 Å². The number of aldehydes is 1. The zero-order chi connectivity index (χ0) is 13.6. The maximum absolute atomic E-state index is 10.9. The Morgan fingerprint density at radius 3 is 2.18 bits per heavy atom. The average Bonchev–Trinajstić information content (AvgIpc) is 2.22. The summed E-state index contributed by atoms with van der Waals surface area (Å²) in [7, 11) is 0. The lowest BCUT2D eigenvalue weighted by molar-refractivity contribution is -0.157. The molecule has 9 nitrogen and oxygen atoms in total. The second-order valence-corrected chi connectivity index (χ2v) is 3.34. The molecule has 0 saturated carbocycles. The SMILES string of the molecule is NC(N)=NCCC(C(=O)O)[C@@](N)(C=O)C(=O)O. The summed E-state index contributed by atoms with van der Waals surface area (Å²) in [6.45, 7) is -0.140. The number of guanidine groups is 1. The van der Waals surface area contributed by atoms with Crippen molar-refractivity contribution in [3.63, 3.8) is 0 Å². The summed E-state index contributed by atoms with van der Waals surface area (Å²) in [5.74, 6) is -5.10. The molecular weight excluding hydrogens is 232 g/mol. The van der Waals surface area contributed by atoms with E-state index in [9.17, 15) is 14.4 Å². The van der Waals surface area contributed by atoms with Gasteiger partial charge in [-0.15, -0.1) is 0 Å². The van der Waals surface area contributed by atoms with Gasteiger partial charge in [-0.25, -0.2) is 4.79 Å². The Morgan fingerprint density at radius 1 is 1.35 bits per heavy atom. The molecule has 17 heavy (non-hydrogen) atoms. The first-order chi connectivity index (χ1) is 7.75. The number of rotatable bonds is 7. The van der Waals surface area contributed by atoms with E-state index in [2.05, 4.69) is 4.99 Å². The van der Waals surface area contributed by atoms with Gasteiger partial charge >= 0.3 is 11.9 Å². The lowest BCUT2D eigenvalue weighted by Crippen LogP contribution is -2.58. The second kappa shape index (κ2) is 5.80. The van der Waals surface area contributed by atoms with Gasteiger partial charge in [0.2, 0.25) is 0 Å². The number of carboxylic acid groups (broad SMARTS) is 2. The van der Waals surface area contributed by atoms with E-state index >= 15 is 0 Å². The van der Waals surface area contributed by atoms with Gasteiger partial charge in [0.25, 0.3) is 0 Å². The Kier molecular flexibility index (Phi) is 5.06. The molecule has 0 amide bonds. The van der Waals surface area contributed by atoms with E-state index in [0.717, 1.165) is 0 Å². The number of carboxylic acids is 2. The molecule has 0 fully saturated rings. The van der Waals surface area contributed by atoms with Gasteiger partial charge in [0.05, 0.1) is 5.92 Å². The van der Waals surface area contributed by atoms with Gasteiger partial charge in [-0.05, 0) is 6.42 Å². The number of hydrogen-bond donors (Lipinski definition) is 5. The third-order valence-electron chi connectivity index (χ3n) is 2.15. The van der Waals surface area contributed by atoms with Gasteiger partial charge < -0.3 is 32.2 Å². The summed E-state index contributed by atoms with van der Waals surface area (Å²) < 4.78 is 0. The van der Waals surface area contributed by atoms with Crippen LogP contribution in [0.4, 0.5) is 0 Å². The molecule has 1 unspecified atom stereocenters. The highest BCUT2D eigenvalue weighted by Crippen LogP contribution is 2.18. The zero-order valence-corrected chi connectivity index (χ0v) is 8.87. The predicted octanol–water partition coefficient (Wildman–Crippen LogP) is -2.67. The molecule has 0 aromatic rings. The standard InChI is InChI=1S/C8H14N4O5/c9-7(10)12-2-1-4(5(14)15)8(11,3-13)6(16)17/h3-4H,1-2,11H2,(H,14,15)(H,16,17)(H4,9,10,12)/t4?,8-/m0/s1. The average molecular weight is 246 g/mol. The highest BCUT2D eigenvalue weighted by atomic mass is 16.4. The van der Waals surface area contributed by atoms with Crippen LogP contribution in [-0.2, 0) is 14.4 Å². The minimum absolute atomic E-state index is 0.108. The van der Waals surface area contributed by atoms with Crippen molar-refractivity contribution in [1.82, 2.24) is 0 Å². The van der Waals surface area contributed by atoms with E-state index in [1.807, 2.05) is 0 Å². The maximum atomic E-state index is 10.9. The Hall–Kier alpha value is -2.16. The highest BCUT2D eigenvalue weighted by molar-refractivity contribution is 6.01. The van der Waals surface area contributed by atoms with Gasteiger partial charge in [0, 0.05) is 6.54 Å². The van der Waals surface area contributed by atoms with Gasteiger partial charge in [0.15, 0.2) is 17.8 Å². The normalized spacial score (nSPS) is 15.4. The Labute approximate surface area is 96.3 Å². The molecule has 0 aromatic carbocycles. The van der Waals surface area contributed by atoms with Crippen LogP contribution >= 0.6 is 0 Å². The van der Waals surface area contributed by atoms with Crippen molar-refractivity contribution in [3.05, 3.63) is 0 Å². The number of aliphatic imine (C=N–C) groups is 1. The molecule has 0 heterocycles. The Morgan fingerprint density at radius 2 is 1.88 bits per heavy atom. The molecule has 2 atom stereocenters. The highest BCUT2D eigenvalue weighted by Gasteiger charge is 2.46. The van der Waals surface area contributed by atoms with E-state index < -0.39 is 23.4 Å². The first-order valence-corrected chi connectivity index (χ1v) is 4.52. The molecule has 0 aromatic heterocycles. The van der Waals surface area contributed by atoms with Crippen molar-refractivity contribution in [2.45, 2.75) is 12.0 Å². The molecule has 0 rings (SSSR count). The van der Waals surface area contributed by atoms with E-state index in [0.29, 0.717) is 0 Å². The zero-order valence-electron chi connectivity index (χ0n) is 8.87. The van der Waals surface area contributed by atoms with E-state index in [1.165, 1.54) is 0 Å². The molecule has 0 aliphatic heterocycles. The van der Waals surface area contributed by atoms with Gasteiger partial charge in [-0.2, -0.15) is 0 Å². The van der Waals surface area contributed by atoms with Crippen LogP contribution in [0.25, 0.3) is 0 Å². The fourth-order valence-electron chi connectivity index (χ4n) is 1.17. The summed E-state index contributed by atoms with van der Waals surface area (Å²) in [4.78, 5) is 35.8. The van der Waals surface area contributed by atoms with Gasteiger partial charge in [0.1, 0.15) is 0 Å². The number of carbonyl (C=O) groups is 3. The van der Waals surface area contributed by atoms with Gasteiger partial charge in [-0.3, -0.25) is 9.79 Å². The maximum Gasteiger partial charge on any atom is 0.332 e. The van der Waals surface area contributed by atoms with Gasteiger partial charge in [-0.1, -0.05) is 0 Å². The summed E-state index contributed by atoms with van der Waals surface area (Å²) in [5.41, 5.74) is 12.8. The first-order valence-electron chi connectivity index (χ1n) is 4.52. The molecule has 0 aliphatic carbocycles. The molecular formula is C8H14N4O5. The molecule has 0 aliphatic rings. The molecule has 96 valence electrons. The summed E-state index contributed by atoms with van der Waals surface area (Å²) in [6.07, 6.45) is -0.377. The molecule has 9 heteroatoms. The summed E-state index contributed by atoms with van der Waals surface area (Å²) in [6, 6.07) is 0. The number of nitrogens with zero attached hydrogens (tertiary/aromatic N) is 1. The number of carbonyl (C=O) groups excluding carboxylic acids is 1. The fourth-order valence-corrected chi connectivity index (χ4v) is 1.17. The Bertz CT molecular complexity index is 352. The third-order valence-corrected chi connectivity index (χ3v) is 2.15. The first kappa shape index (κ1) is 14.8. The van der Waals surface area contributed by atoms with Crippen molar-refractivity contribution < 1.29 is 24.6 Å². The molecule has 8 N–H and O–H groups in total. The van der Waals surface area contributed by atoms with Crippen molar-refractivity contribution >= 4 is 24.2 Å². The number of hydrogen-bond acceptors (Lipinski definition) is 5.